The van der Waals surface area contributed by atoms with Crippen molar-refractivity contribution >= 4 is 29.4 Å². The number of carbonyl (C=O) groups excluding carboxylic acids is 1. The maximum atomic E-state index is 10.3. The quantitative estimate of drug-likeness (QED) is 0.553. The number of hydrogen-bond donors (Lipinski definition) is 0. The van der Waals surface area contributed by atoms with Crippen molar-refractivity contribution in [1.29, 1.82) is 0 Å². The second kappa shape index (κ2) is 4.62. The highest BCUT2D eigenvalue weighted by molar-refractivity contribution is 8.01. The third-order valence-corrected chi connectivity index (χ3v) is 3.61. The van der Waals surface area contributed by atoms with Crippen LogP contribution in [0.25, 0.3) is 0 Å². The maximum Gasteiger partial charge on any atom is 0.150 e. The Kier molecular flexibility index (Phi) is 3.75. The van der Waals surface area contributed by atoms with Crippen molar-refractivity contribution in [2.45, 2.75) is 24.6 Å². The van der Waals surface area contributed by atoms with Crippen LogP contribution in [0.1, 0.15) is 17.5 Å². The third kappa shape index (κ3) is 2.32. The van der Waals surface area contributed by atoms with Gasteiger partial charge in [-0.25, -0.2) is 4.98 Å². The highest BCUT2D eigenvalue weighted by Crippen LogP contribution is 2.26. The van der Waals surface area contributed by atoms with Gasteiger partial charge in [0.1, 0.15) is 10.6 Å². The molecular weight excluding hydrogens is 190 g/mol. The number of thioether (sulfide) groups is 1. The van der Waals surface area contributed by atoms with E-state index in [9.17, 15) is 4.79 Å². The number of thiazole rings is 1. The van der Waals surface area contributed by atoms with E-state index in [-0.39, 0.29) is 0 Å². The number of hydrogen-bond acceptors (Lipinski definition) is 4. The predicted octanol–water partition coefficient (Wildman–Crippen LogP) is 2.30. The zero-order chi connectivity index (χ0) is 8.97. The van der Waals surface area contributed by atoms with Gasteiger partial charge in [0, 0.05) is 11.3 Å². The number of aromatic nitrogens is 1. The zero-order valence-corrected chi connectivity index (χ0v) is 8.80. The molecule has 0 unspecified atom stereocenters. The average molecular weight is 201 g/mol. The van der Waals surface area contributed by atoms with Gasteiger partial charge in [0.15, 0.2) is 0 Å². The normalized spacial score (nSPS) is 10.2. The van der Waals surface area contributed by atoms with Crippen LogP contribution >= 0.6 is 23.1 Å². The molecule has 4 heteroatoms. The molecule has 0 spiro atoms. The summed E-state index contributed by atoms with van der Waals surface area (Å²) in [5.41, 5.74) is 1.00. The SMILES string of the molecule is CCSc1nc(C)c(CC=O)s1. The first-order valence-electron chi connectivity index (χ1n) is 3.80. The van der Waals surface area contributed by atoms with Crippen molar-refractivity contribution in [1.82, 2.24) is 4.98 Å². The molecule has 0 N–H and O–H groups in total. The molecule has 0 fully saturated rings. The molecule has 0 saturated heterocycles. The van der Waals surface area contributed by atoms with E-state index in [4.69, 9.17) is 0 Å². The first-order chi connectivity index (χ1) is 5.77. The van der Waals surface area contributed by atoms with Crippen molar-refractivity contribution < 1.29 is 4.79 Å². The van der Waals surface area contributed by atoms with Crippen molar-refractivity contribution in [3.8, 4) is 0 Å². The topological polar surface area (TPSA) is 30.0 Å². The van der Waals surface area contributed by atoms with Crippen LogP contribution in [0.15, 0.2) is 4.34 Å². The summed E-state index contributed by atoms with van der Waals surface area (Å²) in [4.78, 5) is 15.7. The van der Waals surface area contributed by atoms with Gasteiger partial charge in [0.05, 0.1) is 5.69 Å². The van der Waals surface area contributed by atoms with Crippen LogP contribution in [0, 0.1) is 6.92 Å². The lowest BCUT2D eigenvalue weighted by atomic mass is 10.3. The van der Waals surface area contributed by atoms with Crippen LogP contribution in [-0.4, -0.2) is 17.0 Å². The molecule has 0 amide bonds. The lowest BCUT2D eigenvalue weighted by Crippen LogP contribution is -1.83. The number of rotatable bonds is 4. The van der Waals surface area contributed by atoms with Crippen molar-refractivity contribution in [3.63, 3.8) is 0 Å². The Labute approximate surface area is 80.4 Å². The number of aryl methyl sites for hydroxylation is 1. The van der Waals surface area contributed by atoms with E-state index in [1.165, 1.54) is 0 Å². The zero-order valence-electron chi connectivity index (χ0n) is 7.16. The van der Waals surface area contributed by atoms with Crippen molar-refractivity contribution in [3.05, 3.63) is 10.6 Å². The summed E-state index contributed by atoms with van der Waals surface area (Å²) in [5, 5.41) is 0. The molecule has 1 aromatic heterocycles. The van der Waals surface area contributed by atoms with Crippen LogP contribution in [0.5, 0.6) is 0 Å². The first kappa shape index (κ1) is 9.74. The molecule has 66 valence electrons. The Balaban J connectivity index is 2.77. The van der Waals surface area contributed by atoms with E-state index in [2.05, 4.69) is 11.9 Å². The summed E-state index contributed by atoms with van der Waals surface area (Å²) in [6, 6.07) is 0. The number of carbonyl (C=O) groups is 1. The highest BCUT2D eigenvalue weighted by Gasteiger charge is 2.05. The van der Waals surface area contributed by atoms with Crippen LogP contribution < -0.4 is 0 Å². The predicted molar refractivity (Wildman–Crippen MR) is 53.0 cm³/mol. The molecule has 1 heterocycles. The van der Waals surface area contributed by atoms with E-state index in [0.29, 0.717) is 6.42 Å². The minimum atomic E-state index is 0.508. The summed E-state index contributed by atoms with van der Waals surface area (Å²) < 4.78 is 1.08. The van der Waals surface area contributed by atoms with E-state index < -0.39 is 0 Å². The van der Waals surface area contributed by atoms with Gasteiger partial charge >= 0.3 is 0 Å². The molecule has 0 aliphatic rings. The standard InChI is InChI=1S/C8H11NOS2/c1-3-11-8-9-6(2)7(12-8)4-5-10/h5H,3-4H2,1-2H3. The number of aldehydes is 1. The Morgan fingerprint density at radius 3 is 3.00 bits per heavy atom. The second-order valence-electron chi connectivity index (χ2n) is 2.29. The molecule has 0 aliphatic heterocycles. The summed E-state index contributed by atoms with van der Waals surface area (Å²) in [7, 11) is 0. The van der Waals surface area contributed by atoms with Gasteiger partial charge in [-0.2, -0.15) is 0 Å². The fourth-order valence-corrected chi connectivity index (χ4v) is 2.93. The van der Waals surface area contributed by atoms with Crippen molar-refractivity contribution in [2.24, 2.45) is 0 Å². The van der Waals surface area contributed by atoms with Gasteiger partial charge in [0.25, 0.3) is 0 Å². The van der Waals surface area contributed by atoms with Gasteiger partial charge in [-0.05, 0) is 12.7 Å². The second-order valence-corrected chi connectivity index (χ2v) is 4.89. The van der Waals surface area contributed by atoms with Gasteiger partial charge in [-0.3, -0.25) is 0 Å². The minimum absolute atomic E-state index is 0.508. The molecule has 0 bridgehead atoms. The smallest absolute Gasteiger partial charge is 0.150 e. The summed E-state index contributed by atoms with van der Waals surface area (Å²) in [6.45, 7) is 4.05. The molecule has 12 heavy (non-hydrogen) atoms. The number of nitrogens with zero attached hydrogens (tertiary/aromatic N) is 1. The average Bonchev–Trinajstić information content (AvgIpc) is 2.34. The first-order valence-corrected chi connectivity index (χ1v) is 5.60. The molecule has 0 aliphatic carbocycles. The molecule has 1 aromatic rings. The Morgan fingerprint density at radius 1 is 1.67 bits per heavy atom. The summed E-state index contributed by atoms with van der Waals surface area (Å²) in [5.74, 6) is 1.04. The Bertz CT molecular complexity index is 270. The molecule has 2 nitrogen and oxygen atoms in total. The van der Waals surface area contributed by atoms with E-state index >= 15 is 0 Å². The minimum Gasteiger partial charge on any atom is -0.303 e. The van der Waals surface area contributed by atoms with Gasteiger partial charge in [-0.1, -0.05) is 18.7 Å². The van der Waals surface area contributed by atoms with Crippen LogP contribution in [0.2, 0.25) is 0 Å². The van der Waals surface area contributed by atoms with E-state index in [0.717, 1.165) is 26.9 Å². The van der Waals surface area contributed by atoms with Crippen LogP contribution in [0.3, 0.4) is 0 Å². The third-order valence-electron chi connectivity index (χ3n) is 1.41. The largest absolute Gasteiger partial charge is 0.303 e. The molecule has 0 saturated carbocycles. The van der Waals surface area contributed by atoms with Gasteiger partial charge in [0.2, 0.25) is 0 Å². The Morgan fingerprint density at radius 2 is 2.42 bits per heavy atom. The van der Waals surface area contributed by atoms with Gasteiger partial charge < -0.3 is 4.79 Å². The van der Waals surface area contributed by atoms with E-state index in [1.807, 2.05) is 6.92 Å². The van der Waals surface area contributed by atoms with Gasteiger partial charge in [-0.15, -0.1) is 11.3 Å². The lowest BCUT2D eigenvalue weighted by molar-refractivity contribution is -0.107. The fourth-order valence-electron chi connectivity index (χ4n) is 0.852. The molecule has 1 rings (SSSR count). The molecule has 0 atom stereocenters. The van der Waals surface area contributed by atoms with E-state index in [1.54, 1.807) is 23.1 Å². The monoisotopic (exact) mass is 201 g/mol. The molecule has 0 radical (unpaired) electrons. The summed E-state index contributed by atoms with van der Waals surface area (Å²) >= 11 is 3.36. The Hall–Kier alpha value is -0.350. The van der Waals surface area contributed by atoms with Crippen LogP contribution in [-0.2, 0) is 11.2 Å². The lowest BCUT2D eigenvalue weighted by Gasteiger charge is -1.85. The highest BCUT2D eigenvalue weighted by atomic mass is 32.2. The molecular formula is C8H11NOS2. The molecule has 0 aromatic carbocycles. The maximum absolute atomic E-state index is 10.3. The fraction of sp³-hybridized carbons (Fsp3) is 0.500. The van der Waals surface area contributed by atoms with Crippen LogP contribution in [0.4, 0.5) is 0 Å². The summed E-state index contributed by atoms with van der Waals surface area (Å²) in [6.07, 6.45) is 1.44. The van der Waals surface area contributed by atoms with Crippen molar-refractivity contribution in [2.75, 3.05) is 5.75 Å².